The van der Waals surface area contributed by atoms with Crippen LogP contribution in [0.4, 0.5) is 0 Å². The summed E-state index contributed by atoms with van der Waals surface area (Å²) in [5, 5.41) is 3.63. The van der Waals surface area contributed by atoms with E-state index in [1.165, 1.54) is 5.56 Å². The number of hydrogen-bond donors (Lipinski definition) is 2. The minimum atomic E-state index is 0.208. The average molecular weight is 406 g/mol. The molecular formula is C16H26Br2N2. The molecule has 0 aliphatic rings. The molecule has 0 radical (unpaired) electrons. The summed E-state index contributed by atoms with van der Waals surface area (Å²) in [7, 11) is 0. The van der Waals surface area contributed by atoms with E-state index in [1.54, 1.807) is 0 Å². The Hall–Kier alpha value is 0.1000. The first-order chi connectivity index (χ1) is 9.36. The number of hydrogen-bond acceptors (Lipinski definition) is 2. The van der Waals surface area contributed by atoms with Gasteiger partial charge >= 0.3 is 0 Å². The zero-order valence-electron chi connectivity index (χ0n) is 12.8. The van der Waals surface area contributed by atoms with Gasteiger partial charge < -0.3 is 11.1 Å². The second-order valence-electron chi connectivity index (χ2n) is 6.02. The maximum Gasteiger partial charge on any atom is 0.0445 e. The highest BCUT2D eigenvalue weighted by Gasteiger charge is 2.19. The summed E-state index contributed by atoms with van der Waals surface area (Å²) >= 11 is 7.06. The molecule has 1 unspecified atom stereocenters. The van der Waals surface area contributed by atoms with Crippen LogP contribution in [0.3, 0.4) is 0 Å². The van der Waals surface area contributed by atoms with Crippen LogP contribution in [-0.4, -0.2) is 13.1 Å². The van der Waals surface area contributed by atoms with Gasteiger partial charge in [0.25, 0.3) is 0 Å². The van der Waals surface area contributed by atoms with Gasteiger partial charge in [0.1, 0.15) is 0 Å². The van der Waals surface area contributed by atoms with Crippen molar-refractivity contribution in [3.05, 3.63) is 32.7 Å². The Morgan fingerprint density at radius 1 is 1.05 bits per heavy atom. The fourth-order valence-corrected chi connectivity index (χ4v) is 3.23. The van der Waals surface area contributed by atoms with Gasteiger partial charge in [-0.05, 0) is 73.9 Å². The van der Waals surface area contributed by atoms with Crippen LogP contribution in [0.25, 0.3) is 0 Å². The van der Waals surface area contributed by atoms with Gasteiger partial charge in [0.15, 0.2) is 0 Å². The first-order valence-corrected chi connectivity index (χ1v) is 8.83. The lowest BCUT2D eigenvalue weighted by Crippen LogP contribution is -2.35. The second-order valence-corrected chi connectivity index (χ2v) is 7.73. The van der Waals surface area contributed by atoms with E-state index in [-0.39, 0.29) is 6.04 Å². The average Bonchev–Trinajstić information content (AvgIpc) is 2.37. The van der Waals surface area contributed by atoms with E-state index < -0.39 is 0 Å². The fourth-order valence-electron chi connectivity index (χ4n) is 2.59. The summed E-state index contributed by atoms with van der Waals surface area (Å²) in [5.41, 5.74) is 7.17. The Bertz CT molecular complexity index is 411. The third-order valence-corrected chi connectivity index (χ3v) is 5.77. The molecule has 1 atom stereocenters. The summed E-state index contributed by atoms with van der Waals surface area (Å²) in [5.74, 6) is 2.03. The maximum absolute atomic E-state index is 5.94. The fraction of sp³-hybridized carbons (Fsp3) is 0.625. The molecule has 0 bridgehead atoms. The zero-order chi connectivity index (χ0) is 15.3. The molecular weight excluding hydrogens is 380 g/mol. The van der Waals surface area contributed by atoms with Gasteiger partial charge in [-0.15, -0.1) is 0 Å². The van der Waals surface area contributed by atoms with E-state index >= 15 is 0 Å². The first-order valence-electron chi connectivity index (χ1n) is 7.25. The number of nitrogens with one attached hydrogen (secondary N) is 1. The van der Waals surface area contributed by atoms with E-state index in [4.69, 9.17) is 5.73 Å². The van der Waals surface area contributed by atoms with Crippen molar-refractivity contribution < 1.29 is 0 Å². The summed E-state index contributed by atoms with van der Waals surface area (Å²) < 4.78 is 2.14. The highest BCUT2D eigenvalue weighted by molar-refractivity contribution is 9.13. The number of rotatable bonds is 7. The number of nitrogens with two attached hydrogens (primary N) is 1. The van der Waals surface area contributed by atoms with Crippen molar-refractivity contribution in [2.24, 2.45) is 23.5 Å². The van der Waals surface area contributed by atoms with Crippen LogP contribution in [0.2, 0.25) is 0 Å². The SMILES string of the molecule is CC(C)C(CNC(CN)c1ccc(Br)c(Br)c1)C(C)C. The van der Waals surface area contributed by atoms with Crippen LogP contribution in [-0.2, 0) is 0 Å². The third kappa shape index (κ3) is 5.14. The maximum atomic E-state index is 5.94. The molecule has 0 amide bonds. The van der Waals surface area contributed by atoms with Crippen molar-refractivity contribution >= 4 is 31.9 Å². The molecule has 114 valence electrons. The van der Waals surface area contributed by atoms with Crippen molar-refractivity contribution in [2.45, 2.75) is 33.7 Å². The van der Waals surface area contributed by atoms with E-state index in [0.29, 0.717) is 24.3 Å². The minimum absolute atomic E-state index is 0.208. The molecule has 0 fully saturated rings. The van der Waals surface area contributed by atoms with Crippen molar-refractivity contribution in [3.63, 3.8) is 0 Å². The molecule has 1 aromatic carbocycles. The van der Waals surface area contributed by atoms with Crippen molar-refractivity contribution in [1.82, 2.24) is 5.32 Å². The molecule has 0 saturated heterocycles. The molecule has 0 aromatic heterocycles. The van der Waals surface area contributed by atoms with Crippen LogP contribution in [0, 0.1) is 17.8 Å². The normalized spacial score (nSPS) is 13.5. The molecule has 0 aliphatic carbocycles. The predicted octanol–water partition coefficient (Wildman–Crippen LogP) is 4.73. The van der Waals surface area contributed by atoms with Crippen LogP contribution in [0.15, 0.2) is 27.1 Å². The Kier molecular flexibility index (Phi) is 7.73. The number of halogens is 2. The van der Waals surface area contributed by atoms with Gasteiger partial charge in [-0.25, -0.2) is 0 Å². The quantitative estimate of drug-likeness (QED) is 0.687. The van der Waals surface area contributed by atoms with Gasteiger partial charge in [0.2, 0.25) is 0 Å². The van der Waals surface area contributed by atoms with Gasteiger partial charge in [-0.3, -0.25) is 0 Å². The topological polar surface area (TPSA) is 38.0 Å². The standard InChI is InChI=1S/C16H26Br2N2/c1-10(2)13(11(3)4)9-20-16(8-19)12-5-6-14(17)15(18)7-12/h5-7,10-11,13,16,20H,8-9,19H2,1-4H3. The van der Waals surface area contributed by atoms with E-state index in [2.05, 4.69) is 83.1 Å². The molecule has 0 saturated carbocycles. The van der Waals surface area contributed by atoms with Crippen LogP contribution in [0.1, 0.15) is 39.3 Å². The Labute approximate surface area is 140 Å². The van der Waals surface area contributed by atoms with E-state index in [9.17, 15) is 0 Å². The summed E-state index contributed by atoms with van der Waals surface area (Å²) in [6, 6.07) is 6.53. The zero-order valence-corrected chi connectivity index (χ0v) is 16.0. The van der Waals surface area contributed by atoms with Crippen LogP contribution in [0.5, 0.6) is 0 Å². The molecule has 1 rings (SSSR count). The Morgan fingerprint density at radius 2 is 1.65 bits per heavy atom. The molecule has 0 heterocycles. The lowest BCUT2D eigenvalue weighted by Gasteiger charge is -2.28. The molecule has 1 aromatic rings. The lowest BCUT2D eigenvalue weighted by molar-refractivity contribution is 0.266. The largest absolute Gasteiger partial charge is 0.329 e. The smallest absolute Gasteiger partial charge is 0.0445 e. The van der Waals surface area contributed by atoms with Gasteiger partial charge in [-0.2, -0.15) is 0 Å². The monoisotopic (exact) mass is 404 g/mol. The third-order valence-electron chi connectivity index (χ3n) is 3.89. The molecule has 20 heavy (non-hydrogen) atoms. The van der Waals surface area contributed by atoms with Crippen molar-refractivity contribution in [2.75, 3.05) is 13.1 Å². The highest BCUT2D eigenvalue weighted by Crippen LogP contribution is 2.27. The lowest BCUT2D eigenvalue weighted by atomic mass is 9.85. The molecule has 2 nitrogen and oxygen atoms in total. The first kappa shape index (κ1) is 18.1. The van der Waals surface area contributed by atoms with E-state index in [1.807, 2.05) is 0 Å². The molecule has 0 aliphatic heterocycles. The van der Waals surface area contributed by atoms with Crippen molar-refractivity contribution in [1.29, 1.82) is 0 Å². The van der Waals surface area contributed by atoms with Gasteiger partial charge in [0, 0.05) is 21.5 Å². The van der Waals surface area contributed by atoms with Crippen LogP contribution >= 0.6 is 31.9 Å². The summed E-state index contributed by atoms with van der Waals surface area (Å²) in [6.45, 7) is 10.8. The predicted molar refractivity (Wildman–Crippen MR) is 94.8 cm³/mol. The van der Waals surface area contributed by atoms with E-state index in [0.717, 1.165) is 15.5 Å². The Morgan fingerprint density at radius 3 is 2.10 bits per heavy atom. The summed E-state index contributed by atoms with van der Waals surface area (Å²) in [4.78, 5) is 0. The highest BCUT2D eigenvalue weighted by atomic mass is 79.9. The van der Waals surface area contributed by atoms with Gasteiger partial charge in [0.05, 0.1) is 0 Å². The van der Waals surface area contributed by atoms with Gasteiger partial charge in [-0.1, -0.05) is 33.8 Å². The second kappa shape index (κ2) is 8.52. The minimum Gasteiger partial charge on any atom is -0.329 e. The molecule has 3 N–H and O–H groups in total. The molecule has 0 spiro atoms. The number of benzene rings is 1. The van der Waals surface area contributed by atoms with Crippen LogP contribution < -0.4 is 11.1 Å². The molecule has 4 heteroatoms. The Balaban J connectivity index is 2.74. The summed E-state index contributed by atoms with van der Waals surface area (Å²) in [6.07, 6.45) is 0. The van der Waals surface area contributed by atoms with Crippen molar-refractivity contribution in [3.8, 4) is 0 Å².